The molecular formula is C20H21N3O3S. The van der Waals surface area contributed by atoms with Crippen molar-refractivity contribution in [1.29, 1.82) is 5.26 Å². The van der Waals surface area contributed by atoms with E-state index in [1.165, 1.54) is 28.6 Å². The molecule has 1 heterocycles. The highest BCUT2D eigenvalue weighted by molar-refractivity contribution is 7.89. The lowest BCUT2D eigenvalue weighted by atomic mass is 10.0. The average molecular weight is 383 g/mol. The molecule has 1 atom stereocenters. The van der Waals surface area contributed by atoms with Crippen LogP contribution in [-0.4, -0.2) is 31.7 Å². The van der Waals surface area contributed by atoms with E-state index in [9.17, 15) is 13.2 Å². The van der Waals surface area contributed by atoms with Gasteiger partial charge in [-0.15, -0.1) is 0 Å². The number of hydrogen-bond acceptors (Lipinski definition) is 4. The molecule has 0 saturated carbocycles. The number of hydrogen-bond donors (Lipinski definition) is 1. The Kier molecular flexibility index (Phi) is 5.59. The first-order chi connectivity index (χ1) is 12.9. The number of nitriles is 1. The first-order valence-electron chi connectivity index (χ1n) is 8.82. The fraction of sp³-hybridized carbons (Fsp3) is 0.300. The lowest BCUT2D eigenvalue weighted by Crippen LogP contribution is -2.39. The van der Waals surface area contributed by atoms with Gasteiger partial charge in [-0.1, -0.05) is 6.92 Å². The molecule has 1 aliphatic rings. The lowest BCUT2D eigenvalue weighted by molar-refractivity contribution is 0.102. The van der Waals surface area contributed by atoms with Gasteiger partial charge in [0.15, 0.2) is 0 Å². The second-order valence-electron chi connectivity index (χ2n) is 6.78. The zero-order valence-corrected chi connectivity index (χ0v) is 15.9. The molecule has 7 heteroatoms. The van der Waals surface area contributed by atoms with Gasteiger partial charge in [0.1, 0.15) is 0 Å². The van der Waals surface area contributed by atoms with Crippen molar-refractivity contribution in [2.24, 2.45) is 5.92 Å². The minimum atomic E-state index is -3.53. The van der Waals surface area contributed by atoms with Crippen LogP contribution < -0.4 is 5.32 Å². The Labute approximate surface area is 159 Å². The topological polar surface area (TPSA) is 90.3 Å². The van der Waals surface area contributed by atoms with E-state index >= 15 is 0 Å². The molecule has 1 aliphatic heterocycles. The second kappa shape index (κ2) is 7.91. The Balaban J connectivity index is 1.72. The highest BCUT2D eigenvalue weighted by atomic mass is 32.2. The number of anilines is 1. The van der Waals surface area contributed by atoms with Crippen molar-refractivity contribution >= 4 is 21.6 Å². The number of benzene rings is 2. The van der Waals surface area contributed by atoms with E-state index in [0.717, 1.165) is 12.8 Å². The number of carbonyl (C=O) groups excluding carboxylic acids is 1. The molecule has 6 nitrogen and oxygen atoms in total. The van der Waals surface area contributed by atoms with Crippen molar-refractivity contribution < 1.29 is 13.2 Å². The van der Waals surface area contributed by atoms with Gasteiger partial charge in [0.2, 0.25) is 10.0 Å². The van der Waals surface area contributed by atoms with E-state index in [4.69, 9.17) is 5.26 Å². The number of rotatable bonds is 4. The van der Waals surface area contributed by atoms with Crippen LogP contribution in [-0.2, 0) is 10.0 Å². The van der Waals surface area contributed by atoms with E-state index in [0.29, 0.717) is 35.8 Å². The lowest BCUT2D eigenvalue weighted by Gasteiger charge is -2.30. The largest absolute Gasteiger partial charge is 0.322 e. The van der Waals surface area contributed by atoms with Crippen LogP contribution in [0.5, 0.6) is 0 Å². The van der Waals surface area contributed by atoms with Crippen LogP contribution in [0.1, 0.15) is 35.7 Å². The third kappa shape index (κ3) is 4.35. The van der Waals surface area contributed by atoms with Crippen LogP contribution >= 0.6 is 0 Å². The molecule has 0 aliphatic carbocycles. The summed E-state index contributed by atoms with van der Waals surface area (Å²) in [4.78, 5) is 12.5. The van der Waals surface area contributed by atoms with Crippen molar-refractivity contribution in [2.45, 2.75) is 24.7 Å². The van der Waals surface area contributed by atoms with Crippen molar-refractivity contribution in [2.75, 3.05) is 18.4 Å². The summed E-state index contributed by atoms with van der Waals surface area (Å²) in [5.74, 6) is 0.0150. The van der Waals surface area contributed by atoms with Gasteiger partial charge in [0.05, 0.1) is 16.5 Å². The van der Waals surface area contributed by atoms with Crippen LogP contribution in [0.25, 0.3) is 0 Å². The first kappa shape index (κ1) is 19.1. The number of piperidine rings is 1. The van der Waals surface area contributed by atoms with Gasteiger partial charge in [-0.05, 0) is 67.3 Å². The summed E-state index contributed by atoms with van der Waals surface area (Å²) in [6.07, 6.45) is 1.91. The Bertz CT molecular complexity index is 961. The monoisotopic (exact) mass is 383 g/mol. The van der Waals surface area contributed by atoms with E-state index in [-0.39, 0.29) is 10.8 Å². The van der Waals surface area contributed by atoms with E-state index in [1.807, 2.05) is 6.07 Å². The molecule has 1 amide bonds. The third-order valence-corrected chi connectivity index (χ3v) is 6.53. The molecule has 1 saturated heterocycles. The highest BCUT2D eigenvalue weighted by Gasteiger charge is 2.28. The van der Waals surface area contributed by atoms with Crippen molar-refractivity contribution in [1.82, 2.24) is 4.31 Å². The first-order valence-corrected chi connectivity index (χ1v) is 10.3. The summed E-state index contributed by atoms with van der Waals surface area (Å²) in [6.45, 7) is 3.12. The number of carbonyl (C=O) groups is 1. The summed E-state index contributed by atoms with van der Waals surface area (Å²) in [6, 6.07) is 14.5. The summed E-state index contributed by atoms with van der Waals surface area (Å²) in [5.41, 5.74) is 1.44. The Morgan fingerprint density at radius 3 is 2.41 bits per heavy atom. The summed E-state index contributed by atoms with van der Waals surface area (Å²) >= 11 is 0. The molecular weight excluding hydrogens is 362 g/mol. The highest BCUT2D eigenvalue weighted by Crippen LogP contribution is 2.23. The maximum atomic E-state index is 12.8. The Hall–Kier alpha value is -2.69. The van der Waals surface area contributed by atoms with Crippen LogP contribution in [0.2, 0.25) is 0 Å². The molecule has 3 rings (SSSR count). The SMILES string of the molecule is CC1CCCN(S(=O)(=O)c2ccc(C(=O)Nc3ccc(C#N)cc3)cc2)C1. The van der Waals surface area contributed by atoms with Crippen LogP contribution in [0.3, 0.4) is 0 Å². The standard InChI is InChI=1S/C20H21N3O3S/c1-15-3-2-12-23(14-15)27(25,26)19-10-6-17(7-11-19)20(24)22-18-8-4-16(13-21)5-9-18/h4-11,15H,2-3,12,14H2,1H3,(H,22,24). The van der Waals surface area contributed by atoms with Gasteiger partial charge < -0.3 is 5.32 Å². The third-order valence-electron chi connectivity index (χ3n) is 4.65. The second-order valence-corrected chi connectivity index (χ2v) is 8.72. The number of amides is 1. The normalized spacial score (nSPS) is 17.9. The molecule has 0 aromatic heterocycles. The van der Waals surface area contributed by atoms with Crippen LogP contribution in [0.15, 0.2) is 53.4 Å². The minimum absolute atomic E-state index is 0.200. The van der Waals surface area contributed by atoms with Crippen LogP contribution in [0, 0.1) is 17.2 Å². The maximum absolute atomic E-state index is 12.8. The van der Waals surface area contributed by atoms with Gasteiger partial charge in [0.25, 0.3) is 5.91 Å². The fourth-order valence-electron chi connectivity index (χ4n) is 3.12. The quantitative estimate of drug-likeness (QED) is 0.878. The molecule has 0 bridgehead atoms. The molecule has 1 unspecified atom stereocenters. The predicted molar refractivity (Wildman–Crippen MR) is 103 cm³/mol. The molecule has 1 fully saturated rings. The van der Waals surface area contributed by atoms with Crippen molar-refractivity contribution in [3.63, 3.8) is 0 Å². The Morgan fingerprint density at radius 2 is 1.81 bits per heavy atom. The number of nitrogens with one attached hydrogen (secondary N) is 1. The number of nitrogens with zero attached hydrogens (tertiary/aromatic N) is 2. The van der Waals surface area contributed by atoms with Gasteiger partial charge in [-0.2, -0.15) is 9.57 Å². The molecule has 27 heavy (non-hydrogen) atoms. The zero-order valence-electron chi connectivity index (χ0n) is 15.1. The molecule has 0 spiro atoms. The average Bonchev–Trinajstić information content (AvgIpc) is 2.68. The summed E-state index contributed by atoms with van der Waals surface area (Å²) < 4.78 is 27.0. The predicted octanol–water partition coefficient (Wildman–Crippen LogP) is 3.23. The number of sulfonamides is 1. The smallest absolute Gasteiger partial charge is 0.255 e. The molecule has 0 radical (unpaired) electrons. The van der Waals surface area contributed by atoms with Gasteiger partial charge in [-0.3, -0.25) is 4.79 Å². The van der Waals surface area contributed by atoms with E-state index in [1.54, 1.807) is 24.3 Å². The molecule has 2 aromatic carbocycles. The Morgan fingerprint density at radius 1 is 1.15 bits per heavy atom. The van der Waals surface area contributed by atoms with E-state index < -0.39 is 10.0 Å². The fourth-order valence-corrected chi connectivity index (χ4v) is 4.72. The van der Waals surface area contributed by atoms with Gasteiger partial charge in [-0.25, -0.2) is 8.42 Å². The van der Waals surface area contributed by atoms with Crippen LogP contribution in [0.4, 0.5) is 5.69 Å². The molecule has 1 N–H and O–H groups in total. The van der Waals surface area contributed by atoms with Crippen molar-refractivity contribution in [3.8, 4) is 6.07 Å². The van der Waals surface area contributed by atoms with E-state index in [2.05, 4.69) is 12.2 Å². The summed E-state index contributed by atoms with van der Waals surface area (Å²) in [5, 5.41) is 11.5. The minimum Gasteiger partial charge on any atom is -0.322 e. The van der Waals surface area contributed by atoms with Gasteiger partial charge >= 0.3 is 0 Å². The maximum Gasteiger partial charge on any atom is 0.255 e. The van der Waals surface area contributed by atoms with Gasteiger partial charge in [0, 0.05) is 24.3 Å². The summed E-state index contributed by atoms with van der Waals surface area (Å²) in [7, 11) is -3.53. The molecule has 140 valence electrons. The van der Waals surface area contributed by atoms with Crippen molar-refractivity contribution in [3.05, 3.63) is 59.7 Å². The molecule has 2 aromatic rings. The zero-order chi connectivity index (χ0) is 19.4.